The van der Waals surface area contributed by atoms with Crippen LogP contribution in [0.15, 0.2) is 0 Å². The summed E-state index contributed by atoms with van der Waals surface area (Å²) in [6.45, 7) is 10.4. The smallest absolute Gasteiger partial charge is 0.382 e. The number of rotatable bonds is 21. The second-order valence-electron chi connectivity index (χ2n) is 6.52. The SMILES string of the molecule is CCO[Si](CCCCCCCCCCCOCCOC)(OCC)OCC. The average molecular weight is 393 g/mol. The summed E-state index contributed by atoms with van der Waals surface area (Å²) in [5.41, 5.74) is 0. The fourth-order valence-corrected chi connectivity index (χ4v) is 5.71. The molecule has 5 nitrogen and oxygen atoms in total. The minimum Gasteiger partial charge on any atom is -0.382 e. The molecule has 0 unspecified atom stereocenters. The van der Waals surface area contributed by atoms with Crippen molar-refractivity contribution in [2.45, 2.75) is 84.6 Å². The molecule has 0 aliphatic rings. The zero-order valence-electron chi connectivity index (χ0n) is 17.9. The maximum atomic E-state index is 5.90. The van der Waals surface area contributed by atoms with Gasteiger partial charge in [0.1, 0.15) is 0 Å². The molecular weight excluding hydrogens is 348 g/mol. The van der Waals surface area contributed by atoms with Gasteiger partial charge >= 0.3 is 8.80 Å². The maximum Gasteiger partial charge on any atom is 0.500 e. The predicted molar refractivity (Wildman–Crippen MR) is 110 cm³/mol. The molecule has 0 bridgehead atoms. The molecule has 0 fully saturated rings. The summed E-state index contributed by atoms with van der Waals surface area (Å²) >= 11 is 0. The van der Waals surface area contributed by atoms with E-state index in [2.05, 4.69) is 0 Å². The molecule has 6 heteroatoms. The lowest BCUT2D eigenvalue weighted by atomic mass is 10.1. The van der Waals surface area contributed by atoms with E-state index in [9.17, 15) is 0 Å². The van der Waals surface area contributed by atoms with Crippen LogP contribution in [-0.4, -0.2) is 55.6 Å². The topological polar surface area (TPSA) is 46.2 Å². The van der Waals surface area contributed by atoms with Crippen LogP contribution < -0.4 is 0 Å². The standard InChI is InChI=1S/C20H44O5Si/c1-5-23-26(24-6-2,25-7-3)20-16-14-12-10-8-9-11-13-15-17-22-19-18-21-4/h5-20H2,1-4H3. The van der Waals surface area contributed by atoms with Gasteiger partial charge in [0.05, 0.1) is 13.2 Å². The van der Waals surface area contributed by atoms with Gasteiger partial charge in [-0.3, -0.25) is 0 Å². The van der Waals surface area contributed by atoms with E-state index in [1.54, 1.807) is 7.11 Å². The normalized spacial score (nSPS) is 12.0. The third kappa shape index (κ3) is 15.1. The zero-order chi connectivity index (χ0) is 19.3. The fraction of sp³-hybridized carbons (Fsp3) is 1.00. The van der Waals surface area contributed by atoms with E-state index in [0.717, 1.165) is 25.7 Å². The molecule has 26 heavy (non-hydrogen) atoms. The number of ether oxygens (including phenoxy) is 2. The van der Waals surface area contributed by atoms with Crippen LogP contribution in [0.3, 0.4) is 0 Å². The minimum atomic E-state index is -2.42. The Morgan fingerprint density at radius 1 is 0.538 bits per heavy atom. The van der Waals surface area contributed by atoms with E-state index in [-0.39, 0.29) is 0 Å². The molecule has 0 heterocycles. The van der Waals surface area contributed by atoms with E-state index >= 15 is 0 Å². The van der Waals surface area contributed by atoms with Crippen LogP contribution in [0, 0.1) is 0 Å². The predicted octanol–water partition coefficient (Wildman–Crippen LogP) is 5.21. The Bertz CT molecular complexity index is 262. The van der Waals surface area contributed by atoms with Crippen LogP contribution in [0.1, 0.15) is 78.6 Å². The van der Waals surface area contributed by atoms with Crippen LogP contribution in [0.5, 0.6) is 0 Å². The van der Waals surface area contributed by atoms with Crippen molar-refractivity contribution < 1.29 is 22.8 Å². The second-order valence-corrected chi connectivity index (χ2v) is 9.25. The summed E-state index contributed by atoms with van der Waals surface area (Å²) in [6, 6.07) is 0.950. The highest BCUT2D eigenvalue weighted by atomic mass is 28.4. The lowest BCUT2D eigenvalue weighted by molar-refractivity contribution is 0.0685. The van der Waals surface area contributed by atoms with E-state index in [4.69, 9.17) is 22.8 Å². The highest BCUT2D eigenvalue weighted by Crippen LogP contribution is 2.20. The van der Waals surface area contributed by atoms with Crippen LogP contribution in [-0.2, 0) is 22.8 Å². The van der Waals surface area contributed by atoms with Crippen molar-refractivity contribution in [3.05, 3.63) is 0 Å². The Balaban J connectivity index is 3.52. The third-order valence-electron chi connectivity index (χ3n) is 4.30. The lowest BCUT2D eigenvalue weighted by Gasteiger charge is -2.28. The quantitative estimate of drug-likeness (QED) is 0.198. The molecule has 0 spiro atoms. The Kier molecular flexibility index (Phi) is 19.8. The summed E-state index contributed by atoms with van der Waals surface area (Å²) in [7, 11) is -0.711. The van der Waals surface area contributed by atoms with Crippen LogP contribution in [0.2, 0.25) is 6.04 Å². The van der Waals surface area contributed by atoms with Gasteiger partial charge in [-0.15, -0.1) is 0 Å². The van der Waals surface area contributed by atoms with E-state index in [1.807, 2.05) is 20.8 Å². The number of methoxy groups -OCH3 is 1. The largest absolute Gasteiger partial charge is 0.500 e. The van der Waals surface area contributed by atoms with Crippen molar-refractivity contribution in [3.8, 4) is 0 Å². The van der Waals surface area contributed by atoms with Crippen LogP contribution in [0.25, 0.3) is 0 Å². The fourth-order valence-electron chi connectivity index (χ4n) is 3.03. The van der Waals surface area contributed by atoms with Gasteiger partial charge in [0.15, 0.2) is 0 Å². The van der Waals surface area contributed by atoms with Gasteiger partial charge in [0.2, 0.25) is 0 Å². The Hall–Kier alpha value is 0.0169. The molecule has 0 atom stereocenters. The van der Waals surface area contributed by atoms with Crippen molar-refractivity contribution in [3.63, 3.8) is 0 Å². The number of unbranched alkanes of at least 4 members (excludes halogenated alkanes) is 8. The highest BCUT2D eigenvalue weighted by Gasteiger charge is 2.39. The van der Waals surface area contributed by atoms with Gasteiger partial charge in [-0.2, -0.15) is 0 Å². The highest BCUT2D eigenvalue weighted by molar-refractivity contribution is 6.60. The number of hydrogen-bond acceptors (Lipinski definition) is 5. The maximum absolute atomic E-state index is 5.90. The molecule has 0 rings (SSSR count). The van der Waals surface area contributed by atoms with E-state index < -0.39 is 8.80 Å². The van der Waals surface area contributed by atoms with Crippen molar-refractivity contribution in [2.75, 3.05) is 46.8 Å². The molecule has 0 radical (unpaired) electrons. The van der Waals surface area contributed by atoms with Gasteiger partial charge in [-0.25, -0.2) is 0 Å². The molecule has 0 aliphatic carbocycles. The van der Waals surface area contributed by atoms with Crippen molar-refractivity contribution in [2.24, 2.45) is 0 Å². The minimum absolute atomic E-state index is 0.670. The molecule has 0 aromatic heterocycles. The summed E-state index contributed by atoms with van der Waals surface area (Å²) in [5, 5.41) is 0. The molecule has 0 saturated carbocycles. The molecule has 0 saturated heterocycles. The zero-order valence-corrected chi connectivity index (χ0v) is 18.9. The first kappa shape index (κ1) is 26.0. The summed E-state index contributed by atoms with van der Waals surface area (Å²) < 4.78 is 28.1. The molecule has 158 valence electrons. The first-order valence-corrected chi connectivity index (χ1v) is 12.7. The van der Waals surface area contributed by atoms with Crippen LogP contribution >= 0.6 is 0 Å². The third-order valence-corrected chi connectivity index (χ3v) is 7.45. The Labute approximate surface area is 163 Å². The van der Waals surface area contributed by atoms with Gasteiger partial charge < -0.3 is 22.8 Å². The van der Waals surface area contributed by atoms with Gasteiger partial charge in [-0.1, -0.05) is 44.9 Å². The lowest BCUT2D eigenvalue weighted by Crippen LogP contribution is -2.45. The summed E-state index contributed by atoms with van der Waals surface area (Å²) in [6.07, 6.45) is 11.5. The molecule has 0 aromatic rings. The Morgan fingerprint density at radius 2 is 1.00 bits per heavy atom. The van der Waals surface area contributed by atoms with Gasteiger partial charge in [0, 0.05) is 39.6 Å². The summed E-state index contributed by atoms with van der Waals surface area (Å²) in [4.78, 5) is 0. The molecule has 0 aliphatic heterocycles. The van der Waals surface area contributed by atoms with E-state index in [0.29, 0.717) is 26.4 Å². The van der Waals surface area contributed by atoms with E-state index in [1.165, 1.54) is 51.4 Å². The van der Waals surface area contributed by atoms with Gasteiger partial charge in [-0.05, 0) is 33.6 Å². The second kappa shape index (κ2) is 19.8. The van der Waals surface area contributed by atoms with Gasteiger partial charge in [0.25, 0.3) is 0 Å². The number of hydrogen-bond donors (Lipinski definition) is 0. The molecule has 0 amide bonds. The molecular formula is C20H44O5Si. The van der Waals surface area contributed by atoms with Crippen molar-refractivity contribution in [1.29, 1.82) is 0 Å². The molecule has 0 N–H and O–H groups in total. The van der Waals surface area contributed by atoms with Crippen LogP contribution in [0.4, 0.5) is 0 Å². The van der Waals surface area contributed by atoms with Crippen molar-refractivity contribution >= 4 is 8.80 Å². The molecule has 0 aromatic carbocycles. The monoisotopic (exact) mass is 392 g/mol. The summed E-state index contributed by atoms with van der Waals surface area (Å²) in [5.74, 6) is 0. The Morgan fingerprint density at radius 3 is 1.46 bits per heavy atom. The first-order chi connectivity index (χ1) is 12.7. The van der Waals surface area contributed by atoms with Crippen molar-refractivity contribution in [1.82, 2.24) is 0 Å². The first-order valence-electron chi connectivity index (χ1n) is 10.7. The average Bonchev–Trinajstić information content (AvgIpc) is 2.63.